The maximum Gasteiger partial charge on any atom is 0.259 e. The summed E-state index contributed by atoms with van der Waals surface area (Å²) in [7, 11) is 0. The molecule has 5 heteroatoms. The van der Waals surface area contributed by atoms with Gasteiger partial charge in [-0.15, -0.1) is 0 Å². The lowest BCUT2D eigenvalue weighted by Gasteiger charge is -2.08. The number of carbonyl (C=O) groups is 1. The molecule has 0 saturated carbocycles. The lowest BCUT2D eigenvalue weighted by Crippen LogP contribution is -2.15. The third-order valence-electron chi connectivity index (χ3n) is 3.62. The first-order valence-electron chi connectivity index (χ1n) is 7.50. The molecule has 1 heterocycles. The number of hydrogen-bond acceptors (Lipinski definition) is 3. The summed E-state index contributed by atoms with van der Waals surface area (Å²) in [4.78, 5) is 21.0. The fraction of sp³-hybridized carbons (Fsp3) is 0.105. The fourth-order valence-electron chi connectivity index (χ4n) is 2.30. The highest BCUT2D eigenvalue weighted by Crippen LogP contribution is 2.18. The zero-order chi connectivity index (χ0) is 17.1. The molecule has 2 aromatic carbocycles. The molecule has 3 rings (SSSR count). The highest BCUT2D eigenvalue weighted by Gasteiger charge is 2.13. The number of anilines is 1. The number of nitrogens with one attached hydrogen (secondary N) is 1. The van der Waals surface area contributed by atoms with Crippen LogP contribution in [0.25, 0.3) is 11.4 Å². The number of aromatic nitrogens is 2. The molecule has 0 unspecified atom stereocenters. The molecule has 1 aromatic heterocycles. The minimum atomic E-state index is -0.407. The van der Waals surface area contributed by atoms with Gasteiger partial charge < -0.3 is 5.32 Å². The number of nitrogens with zero attached hydrogens (tertiary/aromatic N) is 2. The Kier molecular flexibility index (Phi) is 4.33. The number of rotatable bonds is 3. The van der Waals surface area contributed by atoms with Crippen molar-refractivity contribution < 1.29 is 9.18 Å². The number of amides is 1. The molecule has 0 aliphatic rings. The Morgan fingerprint density at radius 2 is 1.83 bits per heavy atom. The van der Waals surface area contributed by atoms with Crippen LogP contribution in [0.1, 0.15) is 21.6 Å². The van der Waals surface area contributed by atoms with E-state index in [1.54, 1.807) is 13.0 Å². The standard InChI is InChI=1S/C19H16FN3O/c1-12-6-8-14(9-7-12)18-21-11-17(13(2)22-18)19(24)23-16-5-3-4-15(20)10-16/h3-11H,1-2H3,(H,23,24). The van der Waals surface area contributed by atoms with E-state index in [-0.39, 0.29) is 5.91 Å². The Balaban J connectivity index is 1.84. The Bertz CT molecular complexity index is 891. The van der Waals surface area contributed by atoms with E-state index >= 15 is 0 Å². The van der Waals surface area contributed by atoms with Crippen LogP contribution in [0, 0.1) is 19.7 Å². The van der Waals surface area contributed by atoms with E-state index < -0.39 is 5.82 Å². The van der Waals surface area contributed by atoms with Gasteiger partial charge in [-0.05, 0) is 32.0 Å². The van der Waals surface area contributed by atoms with Gasteiger partial charge in [-0.3, -0.25) is 4.79 Å². The highest BCUT2D eigenvalue weighted by molar-refractivity contribution is 6.04. The first kappa shape index (κ1) is 15.8. The van der Waals surface area contributed by atoms with Crippen molar-refractivity contribution in [3.63, 3.8) is 0 Å². The second-order valence-corrected chi connectivity index (χ2v) is 5.52. The van der Waals surface area contributed by atoms with Gasteiger partial charge >= 0.3 is 0 Å². The summed E-state index contributed by atoms with van der Waals surface area (Å²) in [5.41, 5.74) is 3.36. The fourth-order valence-corrected chi connectivity index (χ4v) is 2.30. The summed E-state index contributed by atoms with van der Waals surface area (Å²) in [6, 6.07) is 13.6. The smallest absolute Gasteiger partial charge is 0.259 e. The maximum absolute atomic E-state index is 13.2. The van der Waals surface area contributed by atoms with Gasteiger partial charge in [0.15, 0.2) is 5.82 Å². The Labute approximate surface area is 139 Å². The Morgan fingerprint density at radius 1 is 1.08 bits per heavy atom. The molecule has 0 aliphatic heterocycles. The Hall–Kier alpha value is -3.08. The van der Waals surface area contributed by atoms with E-state index in [4.69, 9.17) is 0 Å². The van der Waals surface area contributed by atoms with Gasteiger partial charge in [-0.25, -0.2) is 14.4 Å². The summed E-state index contributed by atoms with van der Waals surface area (Å²) in [5.74, 6) is -0.209. The van der Waals surface area contributed by atoms with Crippen LogP contribution >= 0.6 is 0 Å². The quantitative estimate of drug-likeness (QED) is 0.788. The van der Waals surface area contributed by atoms with Crippen LogP contribution in [0.3, 0.4) is 0 Å². The number of benzene rings is 2. The normalized spacial score (nSPS) is 10.5. The largest absolute Gasteiger partial charge is 0.322 e. The molecule has 24 heavy (non-hydrogen) atoms. The average Bonchev–Trinajstić information content (AvgIpc) is 2.55. The van der Waals surface area contributed by atoms with Gasteiger partial charge in [0.25, 0.3) is 5.91 Å². The van der Waals surface area contributed by atoms with Crippen LogP contribution in [-0.4, -0.2) is 15.9 Å². The number of carbonyl (C=O) groups excluding carboxylic acids is 1. The van der Waals surface area contributed by atoms with Crippen molar-refractivity contribution in [2.45, 2.75) is 13.8 Å². The number of aryl methyl sites for hydroxylation is 2. The topological polar surface area (TPSA) is 54.9 Å². The average molecular weight is 321 g/mol. The van der Waals surface area contributed by atoms with E-state index in [0.29, 0.717) is 22.8 Å². The van der Waals surface area contributed by atoms with Crippen LogP contribution in [0.5, 0.6) is 0 Å². The van der Waals surface area contributed by atoms with Crippen LogP contribution in [0.2, 0.25) is 0 Å². The molecule has 4 nitrogen and oxygen atoms in total. The molecule has 0 bridgehead atoms. The molecule has 3 aromatic rings. The summed E-state index contributed by atoms with van der Waals surface area (Å²) in [6.07, 6.45) is 1.49. The van der Waals surface area contributed by atoms with E-state index in [1.165, 1.54) is 24.4 Å². The van der Waals surface area contributed by atoms with Crippen molar-refractivity contribution in [3.8, 4) is 11.4 Å². The van der Waals surface area contributed by atoms with E-state index in [9.17, 15) is 9.18 Å². The molecule has 0 radical (unpaired) electrons. The molecular weight excluding hydrogens is 305 g/mol. The molecule has 1 amide bonds. The monoisotopic (exact) mass is 321 g/mol. The summed E-state index contributed by atoms with van der Waals surface area (Å²) >= 11 is 0. The third-order valence-corrected chi connectivity index (χ3v) is 3.62. The maximum atomic E-state index is 13.2. The zero-order valence-corrected chi connectivity index (χ0v) is 13.4. The van der Waals surface area contributed by atoms with Gasteiger partial charge in [0, 0.05) is 17.4 Å². The van der Waals surface area contributed by atoms with Gasteiger partial charge in [0.2, 0.25) is 0 Å². The Morgan fingerprint density at radius 3 is 2.50 bits per heavy atom. The highest BCUT2D eigenvalue weighted by atomic mass is 19.1. The molecule has 1 N–H and O–H groups in total. The van der Waals surface area contributed by atoms with Crippen molar-refractivity contribution in [2.75, 3.05) is 5.32 Å². The minimum absolute atomic E-state index is 0.357. The van der Waals surface area contributed by atoms with Crippen molar-refractivity contribution in [3.05, 3.63) is 77.4 Å². The van der Waals surface area contributed by atoms with Crippen LogP contribution in [-0.2, 0) is 0 Å². The van der Waals surface area contributed by atoms with Crippen LogP contribution in [0.4, 0.5) is 10.1 Å². The summed E-state index contributed by atoms with van der Waals surface area (Å²) in [5, 5.41) is 2.65. The third kappa shape index (κ3) is 3.46. The second kappa shape index (κ2) is 6.58. The van der Waals surface area contributed by atoms with Gasteiger partial charge in [-0.2, -0.15) is 0 Å². The lowest BCUT2D eigenvalue weighted by molar-refractivity contribution is 0.102. The van der Waals surface area contributed by atoms with Gasteiger partial charge in [0.05, 0.1) is 11.3 Å². The zero-order valence-electron chi connectivity index (χ0n) is 13.4. The molecule has 0 aliphatic carbocycles. The molecular formula is C19H16FN3O. The SMILES string of the molecule is Cc1ccc(-c2ncc(C(=O)Nc3cccc(F)c3)c(C)n2)cc1. The lowest BCUT2D eigenvalue weighted by atomic mass is 10.1. The van der Waals surface area contributed by atoms with Crippen molar-refractivity contribution in [2.24, 2.45) is 0 Å². The number of hydrogen-bond donors (Lipinski definition) is 1. The van der Waals surface area contributed by atoms with E-state index in [0.717, 1.165) is 11.1 Å². The molecule has 120 valence electrons. The van der Waals surface area contributed by atoms with Crippen molar-refractivity contribution >= 4 is 11.6 Å². The van der Waals surface area contributed by atoms with Crippen molar-refractivity contribution in [1.29, 1.82) is 0 Å². The first-order valence-corrected chi connectivity index (χ1v) is 7.50. The first-order chi connectivity index (χ1) is 11.5. The van der Waals surface area contributed by atoms with Gasteiger partial charge in [-0.1, -0.05) is 35.9 Å². The minimum Gasteiger partial charge on any atom is -0.322 e. The molecule has 0 spiro atoms. The van der Waals surface area contributed by atoms with Crippen LogP contribution in [0.15, 0.2) is 54.7 Å². The van der Waals surface area contributed by atoms with E-state index in [1.807, 2.05) is 31.2 Å². The summed E-state index contributed by atoms with van der Waals surface area (Å²) in [6.45, 7) is 3.76. The number of halogens is 1. The predicted octanol–water partition coefficient (Wildman–Crippen LogP) is 4.15. The van der Waals surface area contributed by atoms with Gasteiger partial charge in [0.1, 0.15) is 5.82 Å². The molecule has 0 atom stereocenters. The predicted molar refractivity (Wildman–Crippen MR) is 91.3 cm³/mol. The molecule has 0 fully saturated rings. The second-order valence-electron chi connectivity index (χ2n) is 5.52. The van der Waals surface area contributed by atoms with Crippen LogP contribution < -0.4 is 5.32 Å². The van der Waals surface area contributed by atoms with Crippen molar-refractivity contribution in [1.82, 2.24) is 9.97 Å². The molecule has 0 saturated heterocycles. The van der Waals surface area contributed by atoms with E-state index in [2.05, 4.69) is 15.3 Å². The summed E-state index contributed by atoms with van der Waals surface area (Å²) < 4.78 is 13.2.